The number of rotatable bonds is 7. The highest BCUT2D eigenvalue weighted by atomic mass is 16.5. The third-order valence-electron chi connectivity index (χ3n) is 3.48. The second-order valence-corrected chi connectivity index (χ2v) is 4.83. The average Bonchev–Trinajstić information content (AvgIpc) is 2.67. The van der Waals surface area contributed by atoms with E-state index in [1.807, 2.05) is 4.90 Å². The molecule has 0 aromatic rings. The van der Waals surface area contributed by atoms with Crippen LogP contribution in [0.3, 0.4) is 0 Å². The summed E-state index contributed by atoms with van der Waals surface area (Å²) in [6, 6.07) is 0.0801. The maximum absolute atomic E-state index is 11.7. The van der Waals surface area contributed by atoms with E-state index in [2.05, 4.69) is 6.92 Å². The van der Waals surface area contributed by atoms with E-state index in [0.29, 0.717) is 19.1 Å². The number of hydrogen-bond acceptors (Lipinski definition) is 5. The molecular weight excluding hydrogens is 234 g/mol. The van der Waals surface area contributed by atoms with Crippen molar-refractivity contribution in [3.63, 3.8) is 0 Å². The molecule has 1 heterocycles. The van der Waals surface area contributed by atoms with Gasteiger partial charge in [0.2, 0.25) is 0 Å². The molecule has 2 unspecified atom stereocenters. The van der Waals surface area contributed by atoms with Gasteiger partial charge in [-0.1, -0.05) is 6.92 Å². The number of carbonyl (C=O) groups excluding carboxylic acids is 2. The SMILES string of the molecule is CCOC(=O)CCC(=O)CN1CCC(C)C1CO. The van der Waals surface area contributed by atoms with Crippen LogP contribution in [0.4, 0.5) is 0 Å². The predicted molar refractivity (Wildman–Crippen MR) is 67.1 cm³/mol. The Bertz CT molecular complexity index is 293. The summed E-state index contributed by atoms with van der Waals surface area (Å²) in [6.07, 6.45) is 1.39. The number of nitrogens with zero attached hydrogens (tertiary/aromatic N) is 1. The maximum atomic E-state index is 11.7. The van der Waals surface area contributed by atoms with Gasteiger partial charge in [0.05, 0.1) is 26.2 Å². The van der Waals surface area contributed by atoms with Crippen molar-refractivity contribution in [2.45, 2.75) is 39.2 Å². The number of carbonyl (C=O) groups is 2. The van der Waals surface area contributed by atoms with Gasteiger partial charge in [0.25, 0.3) is 0 Å². The minimum Gasteiger partial charge on any atom is -0.466 e. The van der Waals surface area contributed by atoms with Crippen molar-refractivity contribution in [2.75, 3.05) is 26.3 Å². The molecule has 0 radical (unpaired) electrons. The Labute approximate surface area is 108 Å². The molecule has 1 saturated heterocycles. The number of ether oxygens (including phenoxy) is 1. The molecule has 1 fully saturated rings. The highest BCUT2D eigenvalue weighted by Crippen LogP contribution is 2.23. The van der Waals surface area contributed by atoms with Crippen molar-refractivity contribution in [3.05, 3.63) is 0 Å². The summed E-state index contributed by atoms with van der Waals surface area (Å²) in [4.78, 5) is 24.9. The first-order valence-corrected chi connectivity index (χ1v) is 6.60. The molecule has 0 aromatic carbocycles. The zero-order valence-corrected chi connectivity index (χ0v) is 11.2. The molecule has 0 aromatic heterocycles. The fraction of sp³-hybridized carbons (Fsp3) is 0.846. The topological polar surface area (TPSA) is 66.8 Å². The van der Waals surface area contributed by atoms with Gasteiger partial charge >= 0.3 is 5.97 Å². The van der Waals surface area contributed by atoms with Crippen LogP contribution in [0.1, 0.15) is 33.1 Å². The molecule has 18 heavy (non-hydrogen) atoms. The third kappa shape index (κ3) is 4.38. The monoisotopic (exact) mass is 257 g/mol. The number of likely N-dealkylation sites (tertiary alicyclic amines) is 1. The molecule has 1 N–H and O–H groups in total. The molecule has 0 spiro atoms. The Kier molecular flexibility index (Phi) is 6.29. The van der Waals surface area contributed by atoms with Crippen LogP contribution in [0.5, 0.6) is 0 Å². The number of esters is 1. The molecule has 1 rings (SSSR count). The van der Waals surface area contributed by atoms with Crippen LogP contribution >= 0.6 is 0 Å². The van der Waals surface area contributed by atoms with Crippen molar-refractivity contribution < 1.29 is 19.4 Å². The van der Waals surface area contributed by atoms with Crippen LogP contribution in [0.25, 0.3) is 0 Å². The summed E-state index contributed by atoms with van der Waals surface area (Å²) in [5, 5.41) is 9.28. The average molecular weight is 257 g/mol. The van der Waals surface area contributed by atoms with Crippen molar-refractivity contribution in [2.24, 2.45) is 5.92 Å². The quantitative estimate of drug-likeness (QED) is 0.677. The molecule has 1 aliphatic rings. The minimum absolute atomic E-state index is 0.0376. The standard InChI is InChI=1S/C13H23NO4/c1-3-18-13(17)5-4-11(16)8-14-7-6-10(2)12(14)9-15/h10,12,15H,3-9H2,1-2H3. The van der Waals surface area contributed by atoms with Crippen molar-refractivity contribution >= 4 is 11.8 Å². The van der Waals surface area contributed by atoms with Crippen LogP contribution in [0, 0.1) is 5.92 Å². The van der Waals surface area contributed by atoms with E-state index in [4.69, 9.17) is 4.74 Å². The molecule has 0 bridgehead atoms. The largest absolute Gasteiger partial charge is 0.466 e. The first kappa shape index (κ1) is 15.1. The van der Waals surface area contributed by atoms with Crippen molar-refractivity contribution in [1.82, 2.24) is 4.90 Å². The fourth-order valence-electron chi connectivity index (χ4n) is 2.36. The van der Waals surface area contributed by atoms with Gasteiger partial charge in [0, 0.05) is 12.5 Å². The molecule has 0 aliphatic carbocycles. The van der Waals surface area contributed by atoms with Gasteiger partial charge in [-0.15, -0.1) is 0 Å². The van der Waals surface area contributed by atoms with Gasteiger partial charge in [-0.25, -0.2) is 0 Å². The van der Waals surface area contributed by atoms with Crippen molar-refractivity contribution in [3.8, 4) is 0 Å². The fourth-order valence-corrected chi connectivity index (χ4v) is 2.36. The van der Waals surface area contributed by atoms with Gasteiger partial charge in [-0.05, 0) is 25.8 Å². The van der Waals surface area contributed by atoms with Gasteiger partial charge in [-0.2, -0.15) is 0 Å². The highest BCUT2D eigenvalue weighted by molar-refractivity contribution is 5.84. The zero-order chi connectivity index (χ0) is 13.5. The van der Waals surface area contributed by atoms with Crippen molar-refractivity contribution in [1.29, 1.82) is 0 Å². The lowest BCUT2D eigenvalue weighted by molar-refractivity contribution is -0.144. The van der Waals surface area contributed by atoms with E-state index in [1.54, 1.807) is 6.92 Å². The number of aliphatic hydroxyl groups excluding tert-OH is 1. The summed E-state index contributed by atoms with van der Waals surface area (Å²) in [5.41, 5.74) is 0. The summed E-state index contributed by atoms with van der Waals surface area (Å²) in [5.74, 6) is 0.141. The second-order valence-electron chi connectivity index (χ2n) is 4.83. The minimum atomic E-state index is -0.320. The van der Waals surface area contributed by atoms with E-state index in [9.17, 15) is 14.7 Å². The lowest BCUT2D eigenvalue weighted by Crippen LogP contribution is -2.38. The van der Waals surface area contributed by atoms with Crippen LogP contribution < -0.4 is 0 Å². The van der Waals surface area contributed by atoms with Gasteiger partial charge < -0.3 is 9.84 Å². The first-order chi connectivity index (χ1) is 8.58. The summed E-state index contributed by atoms with van der Waals surface area (Å²) >= 11 is 0. The Morgan fingerprint density at radius 3 is 2.72 bits per heavy atom. The predicted octanol–water partition coefficient (Wildman–Crippen LogP) is 0.601. The molecule has 1 aliphatic heterocycles. The van der Waals surface area contributed by atoms with E-state index in [-0.39, 0.29) is 37.2 Å². The Hall–Kier alpha value is -0.940. The maximum Gasteiger partial charge on any atom is 0.306 e. The Morgan fingerprint density at radius 1 is 1.39 bits per heavy atom. The highest BCUT2D eigenvalue weighted by Gasteiger charge is 2.31. The summed E-state index contributed by atoms with van der Waals surface area (Å²) in [7, 11) is 0. The number of aliphatic hydroxyl groups is 1. The molecule has 2 atom stereocenters. The molecule has 0 saturated carbocycles. The smallest absolute Gasteiger partial charge is 0.306 e. The lowest BCUT2D eigenvalue weighted by Gasteiger charge is -2.24. The molecule has 104 valence electrons. The van der Waals surface area contributed by atoms with E-state index < -0.39 is 0 Å². The molecule has 0 amide bonds. The van der Waals surface area contributed by atoms with E-state index in [1.165, 1.54) is 0 Å². The Morgan fingerprint density at radius 2 is 2.11 bits per heavy atom. The second kappa shape index (κ2) is 7.48. The lowest BCUT2D eigenvalue weighted by atomic mass is 10.0. The van der Waals surface area contributed by atoms with Gasteiger partial charge in [-0.3, -0.25) is 14.5 Å². The van der Waals surface area contributed by atoms with Crippen LogP contribution in [-0.2, 0) is 14.3 Å². The summed E-state index contributed by atoms with van der Waals surface area (Å²) < 4.78 is 4.78. The molecule has 5 heteroatoms. The Balaban J connectivity index is 2.30. The number of Topliss-reactive ketones (excluding diaryl/α,β-unsaturated/α-hetero) is 1. The normalized spacial score (nSPS) is 24.2. The molecular formula is C13H23NO4. The van der Waals surface area contributed by atoms with Crippen LogP contribution in [-0.4, -0.2) is 54.1 Å². The zero-order valence-electron chi connectivity index (χ0n) is 11.2. The molecule has 5 nitrogen and oxygen atoms in total. The number of hydrogen-bond donors (Lipinski definition) is 1. The van der Waals surface area contributed by atoms with E-state index in [0.717, 1.165) is 13.0 Å². The van der Waals surface area contributed by atoms with E-state index >= 15 is 0 Å². The first-order valence-electron chi connectivity index (χ1n) is 6.60. The van der Waals surface area contributed by atoms with Crippen LogP contribution in [0.2, 0.25) is 0 Å². The summed E-state index contributed by atoms with van der Waals surface area (Å²) in [6.45, 7) is 5.45. The van der Waals surface area contributed by atoms with Crippen LogP contribution in [0.15, 0.2) is 0 Å². The van der Waals surface area contributed by atoms with Gasteiger partial charge in [0.1, 0.15) is 5.78 Å². The third-order valence-corrected chi connectivity index (χ3v) is 3.48. The number of ketones is 1. The van der Waals surface area contributed by atoms with Gasteiger partial charge in [0.15, 0.2) is 0 Å².